The van der Waals surface area contributed by atoms with Gasteiger partial charge < -0.3 is 19.9 Å². The third-order valence-corrected chi connectivity index (χ3v) is 4.31. The van der Waals surface area contributed by atoms with Crippen molar-refractivity contribution in [3.63, 3.8) is 0 Å². The molecule has 29 heavy (non-hydrogen) atoms. The van der Waals surface area contributed by atoms with Crippen LogP contribution in [0.1, 0.15) is 30.0 Å². The van der Waals surface area contributed by atoms with Gasteiger partial charge >= 0.3 is 5.97 Å². The first-order valence-corrected chi connectivity index (χ1v) is 9.72. The number of carbonyl (C=O) groups excluding carboxylic acids is 1. The maximum absolute atomic E-state index is 12.3. The highest BCUT2D eigenvalue weighted by Crippen LogP contribution is 2.29. The molecule has 0 unspecified atom stereocenters. The maximum atomic E-state index is 12.3. The largest absolute Gasteiger partial charge is 0.494 e. The van der Waals surface area contributed by atoms with Crippen LogP contribution in [0.2, 0.25) is 0 Å². The van der Waals surface area contributed by atoms with Crippen LogP contribution in [0, 0.1) is 31.6 Å². The van der Waals surface area contributed by atoms with Gasteiger partial charge in [-0.2, -0.15) is 5.10 Å². The maximum Gasteiger partial charge on any atom is 0.356 e. The highest BCUT2D eigenvalue weighted by Gasteiger charge is 2.26. The topological polar surface area (TPSA) is 85.6 Å². The second kappa shape index (κ2) is 10.3. The Labute approximate surface area is 172 Å². The van der Waals surface area contributed by atoms with Crippen LogP contribution in [0.3, 0.4) is 0 Å². The lowest BCUT2D eigenvalue weighted by molar-refractivity contribution is 0.0507. The Morgan fingerprint density at radius 2 is 1.90 bits per heavy atom. The summed E-state index contributed by atoms with van der Waals surface area (Å²) < 4.78 is 12.1. The normalized spacial score (nSPS) is 15.3. The number of nitrogens with one attached hydrogen (secondary N) is 1. The number of aromatic nitrogens is 2. The third-order valence-electron chi connectivity index (χ3n) is 4.31. The van der Waals surface area contributed by atoms with E-state index in [0.29, 0.717) is 24.5 Å². The summed E-state index contributed by atoms with van der Waals surface area (Å²) in [6.45, 7) is 5.06. The van der Waals surface area contributed by atoms with Gasteiger partial charge in [0.25, 0.3) is 0 Å². The fraction of sp³-hybridized carbons (Fsp3) is 0.318. The molecule has 153 valence electrons. The van der Waals surface area contributed by atoms with Crippen LogP contribution in [0.15, 0.2) is 30.3 Å². The number of nitrogens with zero attached hydrogens (tertiary/aromatic N) is 2. The monoisotopic (exact) mass is 396 g/mol. The Morgan fingerprint density at radius 1 is 1.17 bits per heavy atom. The number of aliphatic hydroxyl groups is 1. The van der Waals surface area contributed by atoms with Crippen molar-refractivity contribution in [2.45, 2.75) is 26.5 Å². The van der Waals surface area contributed by atoms with E-state index >= 15 is 0 Å². The summed E-state index contributed by atoms with van der Waals surface area (Å²) in [6, 6.07) is 9.22. The van der Waals surface area contributed by atoms with E-state index in [9.17, 15) is 9.90 Å². The lowest BCUT2D eigenvalue weighted by Crippen LogP contribution is -2.27. The molecule has 0 aliphatic heterocycles. The van der Waals surface area contributed by atoms with Crippen LogP contribution in [0.5, 0.6) is 5.75 Å². The van der Waals surface area contributed by atoms with Gasteiger partial charge in [-0.05, 0) is 69.9 Å². The molecule has 1 saturated carbocycles. The average Bonchev–Trinajstić information content (AvgIpc) is 3.38. The number of hydrogen-bond acceptors (Lipinski definition) is 6. The molecule has 0 amide bonds. The Bertz CT molecular complexity index is 782. The summed E-state index contributed by atoms with van der Waals surface area (Å²) in [5.74, 6) is 1.26. The van der Waals surface area contributed by atoms with Gasteiger partial charge in [-0.15, -0.1) is 0 Å². The molecule has 3 rings (SSSR count). The highest BCUT2D eigenvalue weighted by molar-refractivity contribution is 5.88. The quantitative estimate of drug-likeness (QED) is 0.601. The number of ether oxygens (including phenoxy) is 2. The lowest BCUT2D eigenvalue weighted by atomic mass is 10.0. The Balaban J connectivity index is 1.63. The van der Waals surface area contributed by atoms with Gasteiger partial charge in [-0.1, -0.05) is 0 Å². The van der Waals surface area contributed by atoms with Gasteiger partial charge in [-0.25, -0.2) is 4.79 Å². The number of carbonyl (C=O) groups is 1. The van der Waals surface area contributed by atoms with Crippen LogP contribution in [-0.2, 0) is 11.3 Å². The molecule has 1 heterocycles. The molecule has 1 fully saturated rings. The number of esters is 1. The summed E-state index contributed by atoms with van der Waals surface area (Å²) in [7, 11) is 0. The molecule has 7 heteroatoms. The minimum Gasteiger partial charge on any atom is -0.494 e. The van der Waals surface area contributed by atoms with Gasteiger partial charge in [0.1, 0.15) is 11.4 Å². The van der Waals surface area contributed by atoms with Gasteiger partial charge in [0.05, 0.1) is 31.6 Å². The van der Waals surface area contributed by atoms with Crippen molar-refractivity contribution in [2.75, 3.05) is 25.1 Å². The smallest absolute Gasteiger partial charge is 0.356 e. The molecular weight excluding hydrogens is 370 g/mol. The van der Waals surface area contributed by atoms with E-state index in [1.54, 1.807) is 13.0 Å². The van der Waals surface area contributed by atoms with Crippen molar-refractivity contribution >= 4 is 11.7 Å². The SMILES string of the molecule is CCOC(=O)c1cc([C]2[CH][CH][CH][CH]2)nn1C[C@H](O)CNc1ccc(OCC)cc1. The number of benzene rings is 1. The molecule has 1 aliphatic carbocycles. The van der Waals surface area contributed by atoms with Crippen molar-refractivity contribution in [3.05, 3.63) is 73.3 Å². The van der Waals surface area contributed by atoms with Gasteiger partial charge in [-0.3, -0.25) is 4.68 Å². The highest BCUT2D eigenvalue weighted by atomic mass is 16.5. The zero-order valence-electron chi connectivity index (χ0n) is 16.7. The number of aliphatic hydroxyl groups excluding tert-OH is 1. The molecule has 2 aromatic rings. The van der Waals surface area contributed by atoms with E-state index in [-0.39, 0.29) is 13.2 Å². The second-order valence-electron chi connectivity index (χ2n) is 6.48. The van der Waals surface area contributed by atoms with Crippen LogP contribution in [0.25, 0.3) is 0 Å². The third kappa shape index (κ3) is 5.73. The van der Waals surface area contributed by atoms with E-state index in [1.807, 2.05) is 56.9 Å². The van der Waals surface area contributed by atoms with Crippen LogP contribution >= 0.6 is 0 Å². The first-order valence-electron chi connectivity index (χ1n) is 9.72. The molecule has 7 nitrogen and oxygen atoms in total. The minimum atomic E-state index is -0.748. The first kappa shape index (κ1) is 21.2. The number of anilines is 1. The van der Waals surface area contributed by atoms with Crippen molar-refractivity contribution < 1.29 is 19.4 Å². The Morgan fingerprint density at radius 3 is 2.55 bits per heavy atom. The summed E-state index contributed by atoms with van der Waals surface area (Å²) >= 11 is 0. The zero-order valence-corrected chi connectivity index (χ0v) is 16.7. The van der Waals surface area contributed by atoms with Crippen LogP contribution < -0.4 is 10.1 Å². The predicted molar refractivity (Wildman–Crippen MR) is 110 cm³/mol. The molecule has 1 atom stereocenters. The van der Waals surface area contributed by atoms with Crippen LogP contribution in [0.4, 0.5) is 5.69 Å². The van der Waals surface area contributed by atoms with Crippen molar-refractivity contribution in [1.29, 1.82) is 0 Å². The fourth-order valence-electron chi connectivity index (χ4n) is 2.95. The first-order chi connectivity index (χ1) is 14.1. The summed E-state index contributed by atoms with van der Waals surface area (Å²) in [5.41, 5.74) is 1.86. The fourth-order valence-corrected chi connectivity index (χ4v) is 2.95. The van der Waals surface area contributed by atoms with Crippen molar-refractivity contribution in [1.82, 2.24) is 9.78 Å². The van der Waals surface area contributed by atoms with Gasteiger partial charge in [0.2, 0.25) is 0 Å². The van der Waals surface area contributed by atoms with Gasteiger partial charge in [0.15, 0.2) is 0 Å². The molecule has 0 saturated heterocycles. The summed E-state index contributed by atoms with van der Waals surface area (Å²) in [6.07, 6.45) is 6.92. The molecular formula is C22H26N3O4. The van der Waals surface area contributed by atoms with E-state index < -0.39 is 12.1 Å². The number of hydrogen-bond donors (Lipinski definition) is 2. The minimum absolute atomic E-state index is 0.166. The van der Waals surface area contributed by atoms with E-state index in [2.05, 4.69) is 10.4 Å². The molecule has 1 aliphatic rings. The Hall–Kier alpha value is -2.54. The lowest BCUT2D eigenvalue weighted by Gasteiger charge is -2.15. The zero-order chi connectivity index (χ0) is 20.6. The molecule has 1 aromatic carbocycles. The van der Waals surface area contributed by atoms with Gasteiger partial charge in [0, 0.05) is 18.2 Å². The summed E-state index contributed by atoms with van der Waals surface area (Å²) in [5, 5.41) is 18.2. The molecule has 1 aromatic heterocycles. The Kier molecular flexibility index (Phi) is 7.52. The summed E-state index contributed by atoms with van der Waals surface area (Å²) in [4.78, 5) is 12.3. The van der Waals surface area contributed by atoms with E-state index in [1.165, 1.54) is 4.68 Å². The molecule has 5 radical (unpaired) electrons. The van der Waals surface area contributed by atoms with Crippen molar-refractivity contribution in [3.8, 4) is 5.75 Å². The van der Waals surface area contributed by atoms with E-state index in [4.69, 9.17) is 9.47 Å². The van der Waals surface area contributed by atoms with Crippen LogP contribution in [-0.4, -0.2) is 46.7 Å². The molecule has 0 bridgehead atoms. The number of rotatable bonds is 10. The van der Waals surface area contributed by atoms with Crippen molar-refractivity contribution in [2.24, 2.45) is 0 Å². The standard InChI is InChI=1S/C22H26N3O4/c1-3-28-19-11-9-17(10-12-19)23-14-18(26)15-25-21(22(27)29-4-2)13-20(24-25)16-7-5-6-8-16/h5-13,18,23,26H,3-4,14-15H2,1-2H3/t18-/m1/s1. The second-order valence-corrected chi connectivity index (χ2v) is 6.48. The molecule has 0 spiro atoms. The van der Waals surface area contributed by atoms with E-state index in [0.717, 1.165) is 17.4 Å². The average molecular weight is 396 g/mol. The predicted octanol–water partition coefficient (Wildman–Crippen LogP) is 2.68. The molecule has 2 N–H and O–H groups in total.